The van der Waals surface area contributed by atoms with Gasteiger partial charge < -0.3 is 15.1 Å². The van der Waals surface area contributed by atoms with Crippen LogP contribution in [0.15, 0.2) is 11.6 Å². The monoisotopic (exact) mass is 293 g/mol. The van der Waals surface area contributed by atoms with Crippen molar-refractivity contribution in [2.24, 2.45) is 0 Å². The lowest BCUT2D eigenvalue weighted by atomic mass is 10.2. The van der Waals surface area contributed by atoms with Gasteiger partial charge in [-0.1, -0.05) is 13.0 Å². The minimum absolute atomic E-state index is 0.0198. The third-order valence-corrected chi connectivity index (χ3v) is 3.81. The van der Waals surface area contributed by atoms with E-state index in [2.05, 4.69) is 5.32 Å². The highest BCUT2D eigenvalue weighted by atomic mass is 16.2. The fraction of sp³-hybridized carbons (Fsp3) is 0.667. The van der Waals surface area contributed by atoms with Gasteiger partial charge in [-0.05, 0) is 26.2 Å². The van der Waals surface area contributed by atoms with Gasteiger partial charge in [0, 0.05) is 37.8 Å². The second-order valence-corrected chi connectivity index (χ2v) is 5.63. The first kappa shape index (κ1) is 15.5. The zero-order chi connectivity index (χ0) is 15.4. The Morgan fingerprint density at radius 2 is 1.57 bits per heavy atom. The average molecular weight is 293 g/mol. The van der Waals surface area contributed by atoms with Crippen LogP contribution in [0.3, 0.4) is 0 Å². The minimum Gasteiger partial charge on any atom is -0.345 e. The Morgan fingerprint density at radius 1 is 1.05 bits per heavy atom. The van der Waals surface area contributed by atoms with Crippen molar-refractivity contribution < 1.29 is 14.4 Å². The Bertz CT molecular complexity index is 461. The highest BCUT2D eigenvalue weighted by Gasteiger charge is 2.31. The summed E-state index contributed by atoms with van der Waals surface area (Å²) in [6.07, 6.45) is 4.66. The van der Waals surface area contributed by atoms with Gasteiger partial charge >= 0.3 is 11.8 Å². The van der Waals surface area contributed by atoms with Gasteiger partial charge in [0.2, 0.25) is 5.91 Å². The highest BCUT2D eigenvalue weighted by molar-refractivity contribution is 6.35. The molecule has 21 heavy (non-hydrogen) atoms. The van der Waals surface area contributed by atoms with Crippen LogP contribution in [-0.4, -0.2) is 59.7 Å². The van der Waals surface area contributed by atoms with Crippen LogP contribution < -0.4 is 5.32 Å². The maximum Gasteiger partial charge on any atom is 0.312 e. The van der Waals surface area contributed by atoms with E-state index >= 15 is 0 Å². The number of allylic oxidation sites excluding steroid dienone is 1. The van der Waals surface area contributed by atoms with E-state index in [1.54, 1.807) is 4.90 Å². The van der Waals surface area contributed by atoms with E-state index in [0.717, 1.165) is 24.8 Å². The molecule has 0 aromatic rings. The Labute approximate surface area is 125 Å². The van der Waals surface area contributed by atoms with Crippen molar-refractivity contribution in [1.82, 2.24) is 15.1 Å². The molecule has 2 fully saturated rings. The summed E-state index contributed by atoms with van der Waals surface area (Å²) in [4.78, 5) is 39.1. The average Bonchev–Trinajstić information content (AvgIpc) is 3.30. The lowest BCUT2D eigenvalue weighted by Gasteiger charge is -2.34. The fourth-order valence-electron chi connectivity index (χ4n) is 2.37. The normalized spacial score (nSPS) is 19.4. The van der Waals surface area contributed by atoms with Crippen molar-refractivity contribution >= 4 is 17.7 Å². The Balaban J connectivity index is 1.82. The first-order valence-corrected chi connectivity index (χ1v) is 7.58. The second-order valence-electron chi connectivity index (χ2n) is 5.63. The van der Waals surface area contributed by atoms with Crippen LogP contribution in [0.5, 0.6) is 0 Å². The molecule has 0 atom stereocenters. The number of carbonyl (C=O) groups excluding carboxylic acids is 3. The highest BCUT2D eigenvalue weighted by Crippen LogP contribution is 2.18. The summed E-state index contributed by atoms with van der Waals surface area (Å²) < 4.78 is 0. The predicted molar refractivity (Wildman–Crippen MR) is 78.4 cm³/mol. The number of hydrogen-bond donors (Lipinski definition) is 1. The standard InChI is InChI=1S/C15H23N3O3/c1-3-4-11(2)14(20)17-7-9-18(10-8-17)15(21)13(19)16-12-5-6-12/h4,12H,3,5-10H2,1-2H3,(H,16,19). The van der Waals surface area contributed by atoms with E-state index in [1.807, 2.05) is 19.9 Å². The quantitative estimate of drug-likeness (QED) is 0.601. The van der Waals surface area contributed by atoms with Crippen molar-refractivity contribution in [2.45, 2.75) is 39.2 Å². The zero-order valence-electron chi connectivity index (χ0n) is 12.7. The topological polar surface area (TPSA) is 69.7 Å². The number of hydrogen-bond acceptors (Lipinski definition) is 3. The van der Waals surface area contributed by atoms with Gasteiger partial charge in [0.05, 0.1) is 0 Å². The number of carbonyl (C=O) groups is 3. The molecule has 1 heterocycles. The van der Waals surface area contributed by atoms with Crippen molar-refractivity contribution in [3.63, 3.8) is 0 Å². The molecule has 0 radical (unpaired) electrons. The van der Waals surface area contributed by atoms with E-state index in [9.17, 15) is 14.4 Å². The number of nitrogens with one attached hydrogen (secondary N) is 1. The molecule has 1 aliphatic heterocycles. The minimum atomic E-state index is -0.515. The van der Waals surface area contributed by atoms with E-state index in [0.29, 0.717) is 26.2 Å². The summed E-state index contributed by atoms with van der Waals surface area (Å²) in [5, 5.41) is 2.70. The Morgan fingerprint density at radius 3 is 2.05 bits per heavy atom. The van der Waals surface area contributed by atoms with Crippen LogP contribution >= 0.6 is 0 Å². The molecule has 0 aromatic heterocycles. The zero-order valence-corrected chi connectivity index (χ0v) is 12.7. The Kier molecular flexibility index (Phi) is 4.98. The number of amides is 3. The van der Waals surface area contributed by atoms with Gasteiger partial charge in [-0.3, -0.25) is 14.4 Å². The van der Waals surface area contributed by atoms with Gasteiger partial charge in [-0.2, -0.15) is 0 Å². The van der Waals surface area contributed by atoms with Gasteiger partial charge in [-0.25, -0.2) is 0 Å². The molecule has 6 heteroatoms. The molecule has 1 N–H and O–H groups in total. The van der Waals surface area contributed by atoms with Crippen LogP contribution in [0, 0.1) is 0 Å². The third-order valence-electron chi connectivity index (χ3n) is 3.81. The molecule has 0 aromatic carbocycles. The summed E-state index contributed by atoms with van der Waals surface area (Å²) in [5.74, 6) is -0.972. The van der Waals surface area contributed by atoms with Gasteiger partial charge in [0.25, 0.3) is 0 Å². The fourth-order valence-corrected chi connectivity index (χ4v) is 2.37. The summed E-state index contributed by atoms with van der Waals surface area (Å²) in [7, 11) is 0. The van der Waals surface area contributed by atoms with Crippen LogP contribution in [0.4, 0.5) is 0 Å². The molecular weight excluding hydrogens is 270 g/mol. The van der Waals surface area contributed by atoms with Crippen LogP contribution in [0.25, 0.3) is 0 Å². The van der Waals surface area contributed by atoms with Crippen molar-refractivity contribution in [2.75, 3.05) is 26.2 Å². The predicted octanol–water partition coefficient (Wildman–Crippen LogP) is 0.292. The summed E-state index contributed by atoms with van der Waals surface area (Å²) in [6, 6.07) is 0.186. The molecule has 116 valence electrons. The SMILES string of the molecule is CCC=C(C)C(=O)N1CCN(C(=O)C(=O)NC2CC2)CC1. The lowest BCUT2D eigenvalue weighted by molar-refractivity contribution is -0.148. The lowest BCUT2D eigenvalue weighted by Crippen LogP contribution is -2.54. The third kappa shape index (κ3) is 4.06. The van der Waals surface area contributed by atoms with Crippen molar-refractivity contribution in [3.05, 3.63) is 11.6 Å². The first-order chi connectivity index (χ1) is 10.0. The van der Waals surface area contributed by atoms with Gasteiger partial charge in [0.15, 0.2) is 0 Å². The molecule has 3 amide bonds. The molecule has 1 saturated heterocycles. The van der Waals surface area contributed by atoms with Gasteiger partial charge in [0.1, 0.15) is 0 Å². The van der Waals surface area contributed by atoms with Crippen LogP contribution in [0.2, 0.25) is 0 Å². The van der Waals surface area contributed by atoms with Crippen LogP contribution in [-0.2, 0) is 14.4 Å². The maximum absolute atomic E-state index is 12.1. The molecule has 2 aliphatic rings. The summed E-state index contributed by atoms with van der Waals surface area (Å²) >= 11 is 0. The largest absolute Gasteiger partial charge is 0.345 e. The van der Waals surface area contributed by atoms with Gasteiger partial charge in [-0.15, -0.1) is 0 Å². The molecule has 2 rings (SSSR count). The molecule has 0 unspecified atom stereocenters. The van der Waals surface area contributed by atoms with Crippen LogP contribution in [0.1, 0.15) is 33.1 Å². The summed E-state index contributed by atoms with van der Waals surface area (Å²) in [5.41, 5.74) is 0.740. The number of nitrogens with zero attached hydrogens (tertiary/aromatic N) is 2. The summed E-state index contributed by atoms with van der Waals surface area (Å²) in [6.45, 7) is 5.61. The van der Waals surface area contributed by atoms with Crippen molar-refractivity contribution in [3.8, 4) is 0 Å². The van der Waals surface area contributed by atoms with E-state index in [1.165, 1.54) is 4.90 Å². The molecular formula is C15H23N3O3. The maximum atomic E-state index is 12.1. The smallest absolute Gasteiger partial charge is 0.312 e. The van der Waals surface area contributed by atoms with E-state index in [-0.39, 0.29) is 11.9 Å². The van der Waals surface area contributed by atoms with Crippen molar-refractivity contribution in [1.29, 1.82) is 0 Å². The molecule has 6 nitrogen and oxygen atoms in total. The second kappa shape index (κ2) is 6.74. The Hall–Kier alpha value is -1.85. The first-order valence-electron chi connectivity index (χ1n) is 7.58. The molecule has 1 saturated carbocycles. The molecule has 1 aliphatic carbocycles. The number of piperazine rings is 1. The number of rotatable bonds is 3. The molecule has 0 spiro atoms. The van der Waals surface area contributed by atoms with E-state index in [4.69, 9.17) is 0 Å². The molecule has 0 bridgehead atoms. The van der Waals surface area contributed by atoms with E-state index < -0.39 is 11.8 Å².